The summed E-state index contributed by atoms with van der Waals surface area (Å²) in [5, 5.41) is 13.0. The summed E-state index contributed by atoms with van der Waals surface area (Å²) in [5.74, 6) is 0.706. The lowest BCUT2D eigenvalue weighted by atomic mass is 9.81. The van der Waals surface area contributed by atoms with Gasteiger partial charge in [-0.05, 0) is 43.2 Å². The van der Waals surface area contributed by atoms with Crippen molar-refractivity contribution in [3.63, 3.8) is 0 Å². The van der Waals surface area contributed by atoms with E-state index in [0.717, 1.165) is 11.3 Å². The molecule has 0 saturated heterocycles. The zero-order valence-corrected chi connectivity index (χ0v) is 12.3. The van der Waals surface area contributed by atoms with Crippen LogP contribution in [0.3, 0.4) is 0 Å². The van der Waals surface area contributed by atoms with Gasteiger partial charge in [0.25, 0.3) is 0 Å². The second-order valence-electron chi connectivity index (χ2n) is 5.92. The van der Waals surface area contributed by atoms with E-state index in [1.165, 1.54) is 31.2 Å². The van der Waals surface area contributed by atoms with Crippen LogP contribution in [0.5, 0.6) is 0 Å². The average molecular weight is 281 g/mol. The Morgan fingerprint density at radius 3 is 2.24 bits per heavy atom. The molecule has 2 aromatic carbocycles. The van der Waals surface area contributed by atoms with E-state index in [0.29, 0.717) is 12.0 Å². The molecule has 3 rings (SSSR count). The normalized spacial score (nSPS) is 22.0. The number of aliphatic hydroxyl groups is 1. The van der Waals surface area contributed by atoms with Crippen molar-refractivity contribution in [2.75, 3.05) is 5.32 Å². The summed E-state index contributed by atoms with van der Waals surface area (Å²) < 4.78 is 0. The molecule has 1 aliphatic carbocycles. The first-order valence-corrected chi connectivity index (χ1v) is 7.87. The molecule has 0 unspecified atom stereocenters. The number of hydrogen-bond donors (Lipinski definition) is 2. The predicted molar refractivity (Wildman–Crippen MR) is 87.4 cm³/mol. The van der Waals surface area contributed by atoms with Gasteiger partial charge in [0.1, 0.15) is 0 Å². The summed E-state index contributed by atoms with van der Waals surface area (Å²) in [6.45, 7) is 0.0997. The first-order chi connectivity index (χ1) is 10.4. The smallest absolute Gasteiger partial charge is 0.0701 e. The number of aliphatic hydroxyl groups excluding tert-OH is 1. The van der Waals surface area contributed by atoms with E-state index in [2.05, 4.69) is 41.7 Å². The lowest BCUT2D eigenvalue weighted by Gasteiger charge is -2.30. The van der Waals surface area contributed by atoms with E-state index in [9.17, 15) is 5.11 Å². The van der Waals surface area contributed by atoms with Crippen molar-refractivity contribution in [1.82, 2.24) is 0 Å². The molecule has 1 aliphatic rings. The number of rotatable bonds is 4. The highest BCUT2D eigenvalue weighted by Crippen LogP contribution is 2.34. The lowest BCUT2D eigenvalue weighted by Crippen LogP contribution is -2.25. The molecule has 2 heteroatoms. The van der Waals surface area contributed by atoms with Crippen LogP contribution in [0.1, 0.15) is 42.7 Å². The summed E-state index contributed by atoms with van der Waals surface area (Å²) in [5.41, 5.74) is 3.55. The Bertz CT molecular complexity index is 559. The van der Waals surface area contributed by atoms with Crippen LogP contribution in [0, 0.1) is 0 Å². The van der Waals surface area contributed by atoms with Crippen molar-refractivity contribution in [2.45, 2.75) is 44.2 Å². The third-order valence-corrected chi connectivity index (χ3v) is 4.55. The van der Waals surface area contributed by atoms with Crippen molar-refractivity contribution in [3.8, 4) is 0 Å². The van der Waals surface area contributed by atoms with Gasteiger partial charge >= 0.3 is 0 Å². The van der Waals surface area contributed by atoms with Crippen LogP contribution < -0.4 is 5.32 Å². The van der Waals surface area contributed by atoms with Crippen LogP contribution >= 0.6 is 0 Å². The minimum Gasteiger partial charge on any atom is -0.392 e. The van der Waals surface area contributed by atoms with Crippen LogP contribution in [0.2, 0.25) is 0 Å². The maximum absolute atomic E-state index is 9.40. The molecule has 2 nitrogen and oxygen atoms in total. The molecule has 0 heterocycles. The largest absolute Gasteiger partial charge is 0.392 e. The van der Waals surface area contributed by atoms with Gasteiger partial charge in [-0.1, -0.05) is 48.5 Å². The highest BCUT2D eigenvalue weighted by Gasteiger charge is 2.22. The fraction of sp³-hybridized carbons (Fsp3) is 0.368. The summed E-state index contributed by atoms with van der Waals surface area (Å²) in [6, 6.07) is 19.4. The second kappa shape index (κ2) is 6.77. The zero-order chi connectivity index (χ0) is 14.5. The Labute approximate surface area is 126 Å². The SMILES string of the molecule is OCc1ccccc1NC1CCC(c2ccccc2)CC1. The van der Waals surface area contributed by atoms with Gasteiger partial charge in [0, 0.05) is 17.3 Å². The molecular formula is C19H23NO. The molecule has 2 N–H and O–H groups in total. The molecule has 0 spiro atoms. The standard InChI is InChI=1S/C19H23NO/c21-14-17-8-4-5-9-19(17)20-18-12-10-16(11-13-18)15-6-2-1-3-7-15/h1-9,16,18,20-21H,10-14H2. The number of benzene rings is 2. The molecule has 0 aromatic heterocycles. The first kappa shape index (κ1) is 14.2. The van der Waals surface area contributed by atoms with Gasteiger partial charge < -0.3 is 10.4 Å². The highest BCUT2D eigenvalue weighted by molar-refractivity contribution is 5.51. The van der Waals surface area contributed by atoms with Gasteiger partial charge in [-0.25, -0.2) is 0 Å². The van der Waals surface area contributed by atoms with E-state index in [1.54, 1.807) is 0 Å². The number of nitrogens with one attached hydrogen (secondary N) is 1. The van der Waals surface area contributed by atoms with Gasteiger partial charge in [-0.2, -0.15) is 0 Å². The molecule has 0 radical (unpaired) electrons. The number of hydrogen-bond acceptors (Lipinski definition) is 2. The summed E-state index contributed by atoms with van der Waals surface area (Å²) >= 11 is 0. The van der Waals surface area contributed by atoms with Gasteiger partial charge in [-0.3, -0.25) is 0 Å². The fourth-order valence-electron chi connectivity index (χ4n) is 3.32. The maximum Gasteiger partial charge on any atom is 0.0701 e. The third kappa shape index (κ3) is 3.45. The average Bonchev–Trinajstić information content (AvgIpc) is 2.57. The van der Waals surface area contributed by atoms with Crippen molar-refractivity contribution < 1.29 is 5.11 Å². The van der Waals surface area contributed by atoms with Gasteiger partial charge in [-0.15, -0.1) is 0 Å². The third-order valence-electron chi connectivity index (χ3n) is 4.55. The highest BCUT2D eigenvalue weighted by atomic mass is 16.3. The first-order valence-electron chi connectivity index (χ1n) is 7.87. The van der Waals surface area contributed by atoms with E-state index < -0.39 is 0 Å². The lowest BCUT2D eigenvalue weighted by molar-refractivity contribution is 0.282. The van der Waals surface area contributed by atoms with Crippen LogP contribution in [-0.2, 0) is 6.61 Å². The van der Waals surface area contributed by atoms with Crippen molar-refractivity contribution >= 4 is 5.69 Å². The maximum atomic E-state index is 9.40. The quantitative estimate of drug-likeness (QED) is 0.875. The zero-order valence-electron chi connectivity index (χ0n) is 12.3. The second-order valence-corrected chi connectivity index (χ2v) is 5.92. The van der Waals surface area contributed by atoms with E-state index in [-0.39, 0.29) is 6.61 Å². The Morgan fingerprint density at radius 2 is 1.52 bits per heavy atom. The Balaban J connectivity index is 1.59. The number of para-hydroxylation sites is 1. The monoisotopic (exact) mass is 281 g/mol. The predicted octanol–water partition coefficient (Wildman–Crippen LogP) is 4.32. The number of anilines is 1. The van der Waals surface area contributed by atoms with Gasteiger partial charge in [0.15, 0.2) is 0 Å². The van der Waals surface area contributed by atoms with Crippen LogP contribution in [0.4, 0.5) is 5.69 Å². The molecule has 0 amide bonds. The minimum atomic E-state index is 0.0997. The molecule has 110 valence electrons. The van der Waals surface area contributed by atoms with Crippen molar-refractivity contribution in [3.05, 3.63) is 65.7 Å². The van der Waals surface area contributed by atoms with Crippen LogP contribution in [-0.4, -0.2) is 11.1 Å². The molecule has 2 aromatic rings. The van der Waals surface area contributed by atoms with Gasteiger partial charge in [0.05, 0.1) is 6.61 Å². The Morgan fingerprint density at radius 1 is 0.857 bits per heavy atom. The van der Waals surface area contributed by atoms with E-state index in [1.807, 2.05) is 18.2 Å². The summed E-state index contributed by atoms with van der Waals surface area (Å²) in [7, 11) is 0. The van der Waals surface area contributed by atoms with Crippen molar-refractivity contribution in [1.29, 1.82) is 0 Å². The fourth-order valence-corrected chi connectivity index (χ4v) is 3.32. The van der Waals surface area contributed by atoms with E-state index in [4.69, 9.17) is 0 Å². The molecule has 0 bridgehead atoms. The summed E-state index contributed by atoms with van der Waals surface area (Å²) in [6.07, 6.45) is 4.87. The minimum absolute atomic E-state index is 0.0997. The molecule has 0 aliphatic heterocycles. The van der Waals surface area contributed by atoms with Gasteiger partial charge in [0.2, 0.25) is 0 Å². The molecule has 0 atom stereocenters. The topological polar surface area (TPSA) is 32.3 Å². The molecule has 21 heavy (non-hydrogen) atoms. The molecular weight excluding hydrogens is 258 g/mol. The Hall–Kier alpha value is -1.80. The molecule has 1 saturated carbocycles. The van der Waals surface area contributed by atoms with Crippen molar-refractivity contribution in [2.24, 2.45) is 0 Å². The van der Waals surface area contributed by atoms with Crippen LogP contribution in [0.15, 0.2) is 54.6 Å². The molecule has 1 fully saturated rings. The van der Waals surface area contributed by atoms with E-state index >= 15 is 0 Å². The summed E-state index contributed by atoms with van der Waals surface area (Å²) in [4.78, 5) is 0. The Kier molecular flexibility index (Phi) is 4.56. The van der Waals surface area contributed by atoms with Crippen LogP contribution in [0.25, 0.3) is 0 Å².